The van der Waals surface area contributed by atoms with Crippen molar-refractivity contribution in [2.45, 2.75) is 50.5 Å². The van der Waals surface area contributed by atoms with Crippen LogP contribution in [0, 0.1) is 12.8 Å². The van der Waals surface area contributed by atoms with Gasteiger partial charge in [-0.05, 0) is 57.2 Å². The van der Waals surface area contributed by atoms with Gasteiger partial charge in [-0.25, -0.2) is 8.42 Å². The van der Waals surface area contributed by atoms with Crippen LogP contribution in [0.15, 0.2) is 59.5 Å². The highest BCUT2D eigenvalue weighted by molar-refractivity contribution is 7.89. The maximum Gasteiger partial charge on any atom is 0.243 e. The number of hydrogen-bond donors (Lipinski definition) is 1. The maximum atomic E-state index is 12.9. The lowest BCUT2D eigenvalue weighted by Crippen LogP contribution is -2.47. The van der Waals surface area contributed by atoms with Crippen molar-refractivity contribution in [1.82, 2.24) is 9.62 Å². The summed E-state index contributed by atoms with van der Waals surface area (Å²) < 4.78 is 27.3. The van der Waals surface area contributed by atoms with Gasteiger partial charge in [0, 0.05) is 19.1 Å². The summed E-state index contributed by atoms with van der Waals surface area (Å²) in [5.41, 5.74) is 2.27. The lowest BCUT2D eigenvalue weighted by molar-refractivity contribution is -0.126. The third-order valence-corrected chi connectivity index (χ3v) is 7.39. The Morgan fingerprint density at radius 2 is 1.83 bits per heavy atom. The van der Waals surface area contributed by atoms with Crippen molar-refractivity contribution in [2.24, 2.45) is 5.92 Å². The lowest BCUT2D eigenvalue weighted by Gasteiger charge is -2.32. The van der Waals surface area contributed by atoms with Gasteiger partial charge in [-0.15, -0.1) is 0 Å². The van der Waals surface area contributed by atoms with Crippen LogP contribution < -0.4 is 5.32 Å². The van der Waals surface area contributed by atoms with Gasteiger partial charge in [-0.3, -0.25) is 4.79 Å². The van der Waals surface area contributed by atoms with Crippen molar-refractivity contribution in [3.8, 4) is 0 Å². The van der Waals surface area contributed by atoms with Crippen molar-refractivity contribution >= 4 is 15.9 Å². The number of nitrogens with one attached hydrogen (secondary N) is 1. The average molecular weight is 415 g/mol. The minimum absolute atomic E-state index is 0.0469. The predicted octanol–water partition coefficient (Wildman–Crippen LogP) is 3.53. The van der Waals surface area contributed by atoms with E-state index in [0.717, 1.165) is 24.8 Å². The van der Waals surface area contributed by atoms with Crippen LogP contribution in [-0.2, 0) is 21.2 Å². The van der Waals surface area contributed by atoms with Gasteiger partial charge in [0.2, 0.25) is 15.9 Å². The van der Waals surface area contributed by atoms with E-state index in [2.05, 4.69) is 17.4 Å². The highest BCUT2D eigenvalue weighted by Crippen LogP contribution is 2.24. The summed E-state index contributed by atoms with van der Waals surface area (Å²) in [7, 11) is -3.57. The Morgan fingerprint density at radius 3 is 2.52 bits per heavy atom. The summed E-state index contributed by atoms with van der Waals surface area (Å²) in [6.45, 7) is 4.64. The molecule has 1 aliphatic rings. The third kappa shape index (κ3) is 5.67. The standard InChI is InChI=1S/C23H30N2O3S/c1-18-10-14-22(15-11-18)29(27,28)25-16-6-9-21(17-25)23(26)24-19(2)12-13-20-7-4-3-5-8-20/h3-5,7-8,10-11,14-15,19,21H,6,9,12-13,16-17H2,1-2H3,(H,24,26)/t19-,21+/m1/s1. The fraction of sp³-hybridized carbons (Fsp3) is 0.435. The molecule has 2 aromatic carbocycles. The summed E-state index contributed by atoms with van der Waals surface area (Å²) in [4.78, 5) is 13.0. The fourth-order valence-corrected chi connectivity index (χ4v) is 5.22. The zero-order valence-electron chi connectivity index (χ0n) is 17.2. The molecule has 0 radical (unpaired) electrons. The van der Waals surface area contributed by atoms with Crippen molar-refractivity contribution in [3.05, 3.63) is 65.7 Å². The Balaban J connectivity index is 1.56. The highest BCUT2D eigenvalue weighted by atomic mass is 32.2. The molecule has 3 rings (SSSR count). The number of carbonyl (C=O) groups excluding carboxylic acids is 1. The van der Waals surface area contributed by atoms with Crippen LogP contribution in [0.1, 0.15) is 37.3 Å². The Labute approximate surface area is 174 Å². The first-order valence-electron chi connectivity index (χ1n) is 10.3. The predicted molar refractivity (Wildman–Crippen MR) is 115 cm³/mol. The highest BCUT2D eigenvalue weighted by Gasteiger charge is 2.33. The summed E-state index contributed by atoms with van der Waals surface area (Å²) in [5, 5.41) is 3.08. The Morgan fingerprint density at radius 1 is 1.14 bits per heavy atom. The van der Waals surface area contributed by atoms with E-state index in [-0.39, 0.29) is 24.4 Å². The lowest BCUT2D eigenvalue weighted by atomic mass is 9.98. The summed E-state index contributed by atoms with van der Waals surface area (Å²) >= 11 is 0. The molecule has 1 aliphatic heterocycles. The minimum atomic E-state index is -3.57. The second kappa shape index (κ2) is 9.55. The maximum absolute atomic E-state index is 12.9. The first-order valence-corrected chi connectivity index (χ1v) is 11.7. The molecule has 0 spiro atoms. The molecule has 156 valence electrons. The molecule has 29 heavy (non-hydrogen) atoms. The van der Waals surface area contributed by atoms with Gasteiger partial charge in [-0.2, -0.15) is 4.31 Å². The molecule has 5 nitrogen and oxygen atoms in total. The summed E-state index contributed by atoms with van der Waals surface area (Å²) in [5.74, 6) is -0.350. The van der Waals surface area contributed by atoms with E-state index in [4.69, 9.17) is 0 Å². The Hall–Kier alpha value is -2.18. The van der Waals surface area contributed by atoms with Gasteiger partial charge >= 0.3 is 0 Å². The Bertz CT molecular complexity index is 911. The normalized spacial score (nSPS) is 18.9. The molecule has 1 N–H and O–H groups in total. The number of sulfonamides is 1. The van der Waals surface area contributed by atoms with E-state index in [0.29, 0.717) is 17.9 Å². The van der Waals surface area contributed by atoms with E-state index in [1.165, 1.54) is 9.87 Å². The van der Waals surface area contributed by atoms with Gasteiger partial charge in [0.05, 0.1) is 10.8 Å². The molecular weight excluding hydrogens is 384 g/mol. The van der Waals surface area contributed by atoms with Gasteiger partial charge in [0.1, 0.15) is 0 Å². The van der Waals surface area contributed by atoms with Crippen LogP contribution in [0.3, 0.4) is 0 Å². The van der Waals surface area contributed by atoms with Crippen molar-refractivity contribution in [2.75, 3.05) is 13.1 Å². The van der Waals surface area contributed by atoms with Crippen LogP contribution in [0.25, 0.3) is 0 Å². The first kappa shape index (κ1) is 21.5. The molecular formula is C23H30N2O3S. The molecule has 1 amide bonds. The second-order valence-corrected chi connectivity index (χ2v) is 9.89. The molecule has 1 fully saturated rings. The zero-order valence-corrected chi connectivity index (χ0v) is 18.0. The zero-order chi connectivity index (χ0) is 20.9. The molecule has 0 aromatic heterocycles. The molecule has 1 saturated heterocycles. The van der Waals surface area contributed by atoms with E-state index in [9.17, 15) is 13.2 Å². The topological polar surface area (TPSA) is 66.5 Å². The largest absolute Gasteiger partial charge is 0.353 e. The number of piperidine rings is 1. The smallest absolute Gasteiger partial charge is 0.243 e. The van der Waals surface area contributed by atoms with Crippen molar-refractivity contribution in [1.29, 1.82) is 0 Å². The van der Waals surface area contributed by atoms with E-state index < -0.39 is 10.0 Å². The van der Waals surface area contributed by atoms with E-state index >= 15 is 0 Å². The van der Waals surface area contributed by atoms with E-state index in [1.807, 2.05) is 32.0 Å². The number of aryl methyl sites for hydroxylation is 2. The quantitative estimate of drug-likeness (QED) is 0.754. The van der Waals surface area contributed by atoms with Crippen LogP contribution >= 0.6 is 0 Å². The summed E-state index contributed by atoms with van der Waals surface area (Å²) in [6.07, 6.45) is 3.17. The van der Waals surface area contributed by atoms with Crippen molar-refractivity contribution < 1.29 is 13.2 Å². The van der Waals surface area contributed by atoms with Gasteiger partial charge in [0.15, 0.2) is 0 Å². The van der Waals surface area contributed by atoms with Gasteiger partial charge in [-0.1, -0.05) is 48.0 Å². The number of carbonyl (C=O) groups is 1. The second-order valence-electron chi connectivity index (χ2n) is 7.95. The average Bonchev–Trinajstić information content (AvgIpc) is 2.73. The fourth-order valence-electron chi connectivity index (χ4n) is 3.69. The monoisotopic (exact) mass is 414 g/mol. The molecule has 1 heterocycles. The number of nitrogens with zero attached hydrogens (tertiary/aromatic N) is 1. The first-order chi connectivity index (χ1) is 13.9. The molecule has 0 bridgehead atoms. The van der Waals surface area contributed by atoms with E-state index in [1.54, 1.807) is 24.3 Å². The minimum Gasteiger partial charge on any atom is -0.353 e. The molecule has 2 atom stereocenters. The SMILES string of the molecule is Cc1ccc(S(=O)(=O)N2CCC[C@H](C(=O)N[C@H](C)CCc3ccccc3)C2)cc1. The van der Waals surface area contributed by atoms with Crippen LogP contribution in [0.5, 0.6) is 0 Å². The molecule has 0 aliphatic carbocycles. The van der Waals surface area contributed by atoms with Gasteiger partial charge < -0.3 is 5.32 Å². The Kier molecular flexibility index (Phi) is 7.09. The van der Waals surface area contributed by atoms with Crippen LogP contribution in [0.4, 0.5) is 0 Å². The van der Waals surface area contributed by atoms with Crippen LogP contribution in [0.2, 0.25) is 0 Å². The number of amides is 1. The number of benzene rings is 2. The molecule has 0 unspecified atom stereocenters. The molecule has 6 heteroatoms. The molecule has 0 saturated carbocycles. The number of hydrogen-bond acceptors (Lipinski definition) is 3. The van der Waals surface area contributed by atoms with Crippen molar-refractivity contribution in [3.63, 3.8) is 0 Å². The number of rotatable bonds is 7. The molecule has 2 aromatic rings. The summed E-state index contributed by atoms with van der Waals surface area (Å²) in [6, 6.07) is 17.1. The van der Waals surface area contributed by atoms with Gasteiger partial charge in [0.25, 0.3) is 0 Å². The van der Waals surface area contributed by atoms with Crippen LogP contribution in [-0.4, -0.2) is 37.8 Å². The third-order valence-electron chi connectivity index (χ3n) is 5.51.